The first-order valence-corrected chi connectivity index (χ1v) is 24.6. The Balaban J connectivity index is 0.912. The van der Waals surface area contributed by atoms with E-state index in [4.69, 9.17) is 27.9 Å². The predicted octanol–water partition coefficient (Wildman–Crippen LogP) is 15.2. The van der Waals surface area contributed by atoms with E-state index in [2.05, 4.69) is 182 Å². The van der Waals surface area contributed by atoms with E-state index in [1.807, 2.05) is 24.3 Å². The topological polar surface area (TPSA) is 26.3 Å². The first-order valence-electron chi connectivity index (χ1n) is 23.9. The summed E-state index contributed by atoms with van der Waals surface area (Å²) in [5.74, 6) is -0.0847. The maximum absolute atomic E-state index is 14.8. The van der Waals surface area contributed by atoms with Gasteiger partial charge in [-0.1, -0.05) is 205 Å². The zero-order valence-electron chi connectivity index (χ0n) is 37.2. The average Bonchev–Trinajstić information content (AvgIpc) is 4.19. The summed E-state index contributed by atoms with van der Waals surface area (Å²) in [4.78, 5) is 14.8. The van der Waals surface area contributed by atoms with Gasteiger partial charge < -0.3 is 4.74 Å². The number of halogens is 2. The number of hydrogen-bond donors (Lipinski definition) is 0. The Hall–Kier alpha value is -6.97. The molecule has 0 bridgehead atoms. The highest BCUT2D eigenvalue weighted by molar-refractivity contribution is 6.31. The quantitative estimate of drug-likeness (QED) is 0.114. The van der Waals surface area contributed by atoms with Crippen molar-refractivity contribution in [1.29, 1.82) is 0 Å². The Bertz CT molecular complexity index is 3480. The van der Waals surface area contributed by atoms with E-state index in [1.165, 1.54) is 66.8 Å². The Morgan fingerprint density at radius 1 is 0.397 bits per heavy atom. The van der Waals surface area contributed by atoms with Gasteiger partial charge in [0.05, 0.1) is 16.4 Å². The Morgan fingerprint density at radius 2 is 0.779 bits per heavy atom. The summed E-state index contributed by atoms with van der Waals surface area (Å²) < 4.78 is 6.92. The number of esters is 1. The monoisotopic (exact) mass is 914 g/mol. The normalized spacial score (nSPS) is 22.5. The molecule has 5 aliphatic rings. The third-order valence-electron chi connectivity index (χ3n) is 16.3. The van der Waals surface area contributed by atoms with Crippen LogP contribution in [0.1, 0.15) is 94.5 Å². The number of ether oxygens (including phenoxy) is 1. The smallest absolute Gasteiger partial charge is 0.339 e. The highest BCUT2D eigenvalue weighted by atomic mass is 35.5. The summed E-state index contributed by atoms with van der Waals surface area (Å²) >= 11 is 12.6. The molecule has 1 saturated carbocycles. The standard InChI is InChI=1S/C64H44Cl2O2/c65-51-35-23-45(24-36-51)43-19-31-48(32-20-43)62(47-27-15-41(16-28-47)13-11-39-7-3-1-4-8-39)57-53-54(57)58(62)56-59-55(53)61(67)68-64(59)60(56)63(64,50-33-21-44(22-34-50)46-25-37-52(66)38-26-46)49-29-17-42(18-30-49)14-12-40-9-5-2-6-10-40/h1-10,15-38,57,60H,11-14H2. The lowest BCUT2D eigenvalue weighted by Gasteiger charge is -2.45. The van der Waals surface area contributed by atoms with E-state index in [9.17, 15) is 4.79 Å². The molecule has 4 aliphatic carbocycles. The van der Waals surface area contributed by atoms with Crippen LogP contribution in [0.4, 0.5) is 0 Å². The Kier molecular flexibility index (Phi) is 8.71. The van der Waals surface area contributed by atoms with Crippen molar-refractivity contribution < 1.29 is 9.53 Å². The fourth-order valence-corrected chi connectivity index (χ4v) is 13.5. The molecule has 1 heterocycles. The van der Waals surface area contributed by atoms with E-state index in [0.29, 0.717) is 5.02 Å². The summed E-state index contributed by atoms with van der Waals surface area (Å²) in [6.45, 7) is 0. The summed E-state index contributed by atoms with van der Waals surface area (Å²) in [6.07, 6.45) is 3.88. The lowest BCUT2D eigenvalue weighted by Crippen LogP contribution is -2.40. The predicted molar refractivity (Wildman–Crippen MR) is 273 cm³/mol. The van der Waals surface area contributed by atoms with Crippen LogP contribution in [0.3, 0.4) is 0 Å². The maximum atomic E-state index is 14.8. The van der Waals surface area contributed by atoms with Crippen molar-refractivity contribution >= 4 is 29.2 Å². The number of hydrogen-bond acceptors (Lipinski definition) is 2. The molecule has 0 aromatic heterocycles. The lowest BCUT2D eigenvalue weighted by molar-refractivity contribution is 0.0210. The Labute approximate surface area is 406 Å². The van der Waals surface area contributed by atoms with Gasteiger partial charge >= 0.3 is 5.97 Å². The van der Waals surface area contributed by atoms with Gasteiger partial charge in [-0.15, -0.1) is 0 Å². The number of carbonyl (C=O) groups is 1. The number of rotatable bonds is 12. The van der Waals surface area contributed by atoms with Crippen molar-refractivity contribution in [3.8, 4) is 22.3 Å². The fraction of sp³-hybridized carbons (Fsp3) is 0.141. The van der Waals surface area contributed by atoms with Gasteiger partial charge in [-0.05, 0) is 139 Å². The molecule has 1 aliphatic heterocycles. The Morgan fingerprint density at radius 3 is 1.24 bits per heavy atom. The van der Waals surface area contributed by atoms with Crippen LogP contribution in [0, 0.1) is 0 Å². The maximum Gasteiger partial charge on any atom is 0.339 e. The van der Waals surface area contributed by atoms with Gasteiger partial charge in [0.25, 0.3) is 0 Å². The van der Waals surface area contributed by atoms with E-state index >= 15 is 0 Å². The van der Waals surface area contributed by atoms with Crippen LogP contribution < -0.4 is 0 Å². The zero-order valence-corrected chi connectivity index (χ0v) is 38.7. The highest BCUT2D eigenvalue weighted by Crippen LogP contribution is 2.92. The summed E-state index contributed by atoms with van der Waals surface area (Å²) in [5.41, 5.74) is 20.1. The molecule has 1 fully saturated rings. The molecule has 0 radical (unpaired) electrons. The summed E-state index contributed by atoms with van der Waals surface area (Å²) in [7, 11) is 0. The molecule has 9 aromatic rings. The minimum atomic E-state index is -0.769. The van der Waals surface area contributed by atoms with Crippen molar-refractivity contribution in [3.63, 3.8) is 0 Å². The molecule has 68 heavy (non-hydrogen) atoms. The van der Waals surface area contributed by atoms with E-state index < -0.39 is 16.4 Å². The number of carbonyl (C=O) groups excluding carboxylic acids is 1. The van der Waals surface area contributed by atoms with Crippen LogP contribution >= 0.6 is 23.2 Å². The summed E-state index contributed by atoms with van der Waals surface area (Å²) in [6, 6.07) is 74.5. The molecular formula is C64H44Cl2O2. The highest BCUT2D eigenvalue weighted by Gasteiger charge is 2.93. The van der Waals surface area contributed by atoms with Crippen molar-refractivity contribution in [1.82, 2.24) is 0 Å². The van der Waals surface area contributed by atoms with E-state index in [0.717, 1.165) is 64.1 Å². The fourth-order valence-electron chi connectivity index (χ4n) is 13.2. The van der Waals surface area contributed by atoms with Gasteiger partial charge in [0.1, 0.15) is 0 Å². The van der Waals surface area contributed by atoms with Gasteiger partial charge in [0.2, 0.25) is 0 Å². The molecule has 1 spiro atoms. The molecular weight excluding hydrogens is 872 g/mol. The molecule has 2 nitrogen and oxygen atoms in total. The van der Waals surface area contributed by atoms with Crippen LogP contribution in [0.25, 0.3) is 22.3 Å². The molecule has 0 saturated heterocycles. The third-order valence-corrected chi connectivity index (χ3v) is 16.8. The molecule has 14 rings (SSSR count). The number of aryl methyl sites for hydroxylation is 4. The first-order chi connectivity index (χ1) is 33.4. The second-order valence-electron chi connectivity index (χ2n) is 19.5. The van der Waals surface area contributed by atoms with E-state index in [1.54, 1.807) is 0 Å². The lowest BCUT2D eigenvalue weighted by atomic mass is 9.56. The van der Waals surface area contributed by atoms with Gasteiger partial charge in [-0.2, -0.15) is 0 Å². The van der Waals surface area contributed by atoms with Crippen molar-refractivity contribution in [2.45, 2.75) is 54.0 Å². The first kappa shape index (κ1) is 40.1. The van der Waals surface area contributed by atoms with Crippen LogP contribution in [0.15, 0.2) is 206 Å². The van der Waals surface area contributed by atoms with Crippen LogP contribution in [0.5, 0.6) is 0 Å². The third kappa shape index (κ3) is 5.45. The molecule has 0 N–H and O–H groups in total. The SMILES string of the molecule is O=C1OC23c4c1c1c5c(c4C2C3(c2ccc(CCc3ccccc3)cc2)c2ccc(-c3ccc(Cl)cc3)cc2)C(c2ccc(CCc3ccccc3)cc2)(c2ccc(-c3ccc(Cl)cc3)cc2)C15. The molecule has 5 atom stereocenters. The largest absolute Gasteiger partial charge is 0.448 e. The molecule has 9 aromatic carbocycles. The summed E-state index contributed by atoms with van der Waals surface area (Å²) in [5, 5.41) is 1.44. The van der Waals surface area contributed by atoms with Gasteiger partial charge in [0, 0.05) is 27.4 Å². The van der Waals surface area contributed by atoms with Crippen molar-refractivity contribution in [2.75, 3.05) is 0 Å². The van der Waals surface area contributed by atoms with Crippen molar-refractivity contribution in [2.24, 2.45) is 0 Å². The van der Waals surface area contributed by atoms with Gasteiger partial charge in [-0.3, -0.25) is 0 Å². The van der Waals surface area contributed by atoms with E-state index in [-0.39, 0.29) is 17.8 Å². The molecule has 326 valence electrons. The average molecular weight is 916 g/mol. The van der Waals surface area contributed by atoms with Crippen LogP contribution in [0.2, 0.25) is 10.0 Å². The second kappa shape index (κ2) is 14.8. The second-order valence-corrected chi connectivity index (χ2v) is 20.4. The van der Waals surface area contributed by atoms with Gasteiger partial charge in [-0.25, -0.2) is 4.79 Å². The zero-order chi connectivity index (χ0) is 45.4. The minimum Gasteiger partial charge on any atom is -0.448 e. The molecule has 0 amide bonds. The minimum absolute atomic E-state index is 0.0357. The van der Waals surface area contributed by atoms with Crippen molar-refractivity contribution in [3.05, 3.63) is 294 Å². The number of benzene rings is 9. The molecule has 4 heteroatoms. The van der Waals surface area contributed by atoms with Crippen LogP contribution in [-0.2, 0) is 46.9 Å². The van der Waals surface area contributed by atoms with Crippen LogP contribution in [-0.4, -0.2) is 5.97 Å². The van der Waals surface area contributed by atoms with Gasteiger partial charge in [0.15, 0.2) is 5.60 Å². The molecule has 5 unspecified atom stereocenters. The number of fused-ring (bicyclic) bond motifs is 4.